The van der Waals surface area contributed by atoms with E-state index in [1.807, 2.05) is 36.4 Å². The van der Waals surface area contributed by atoms with Crippen LogP contribution in [-0.2, 0) is 11.3 Å². The Morgan fingerprint density at radius 3 is 2.72 bits per heavy atom. The van der Waals surface area contributed by atoms with Crippen molar-refractivity contribution in [2.75, 3.05) is 6.61 Å². The van der Waals surface area contributed by atoms with Crippen molar-refractivity contribution in [2.24, 2.45) is 0 Å². The average Bonchev–Trinajstić information content (AvgIpc) is 3.28. The highest BCUT2D eigenvalue weighted by atomic mass is 16.5. The summed E-state index contributed by atoms with van der Waals surface area (Å²) in [6.07, 6.45) is 6.93. The van der Waals surface area contributed by atoms with Gasteiger partial charge in [0.2, 0.25) is 5.88 Å². The molecule has 4 aromatic rings. The van der Waals surface area contributed by atoms with E-state index in [0.717, 1.165) is 27.9 Å². The zero-order valence-electron chi connectivity index (χ0n) is 15.6. The smallest absolute Gasteiger partial charge is 0.258 e. The van der Waals surface area contributed by atoms with E-state index < -0.39 is 0 Å². The van der Waals surface area contributed by atoms with Crippen molar-refractivity contribution in [3.63, 3.8) is 0 Å². The van der Waals surface area contributed by atoms with Crippen molar-refractivity contribution in [3.05, 3.63) is 84.9 Å². The van der Waals surface area contributed by atoms with Crippen LogP contribution in [0.4, 0.5) is 0 Å². The Hall–Kier alpha value is -4.00. The standard InChI is InChI=1S/C22H19N5O2/c28-20(15-29-21-6-1-2-9-24-21)25-13-16-4-3-5-18(12-16)22-19(14-26-27-22)17-7-10-23-11-8-17/h1-12,14H,13,15H2,(H,25,28)(H,26,27). The van der Waals surface area contributed by atoms with Crippen LogP contribution in [0.3, 0.4) is 0 Å². The number of carbonyl (C=O) groups excluding carboxylic acids is 1. The van der Waals surface area contributed by atoms with Crippen molar-refractivity contribution < 1.29 is 9.53 Å². The molecule has 3 heterocycles. The lowest BCUT2D eigenvalue weighted by atomic mass is 10.0. The lowest BCUT2D eigenvalue weighted by Gasteiger charge is -2.09. The first-order valence-corrected chi connectivity index (χ1v) is 9.13. The number of aromatic nitrogens is 4. The van der Waals surface area contributed by atoms with Crippen LogP contribution in [0.5, 0.6) is 5.88 Å². The highest BCUT2D eigenvalue weighted by Gasteiger charge is 2.11. The van der Waals surface area contributed by atoms with Crippen LogP contribution in [0.15, 0.2) is 79.4 Å². The molecule has 0 radical (unpaired) electrons. The summed E-state index contributed by atoms with van der Waals surface area (Å²) in [6.45, 7) is 0.320. The van der Waals surface area contributed by atoms with Gasteiger partial charge in [0.15, 0.2) is 6.61 Å². The molecule has 144 valence electrons. The second kappa shape index (κ2) is 8.79. The van der Waals surface area contributed by atoms with Crippen molar-refractivity contribution in [1.82, 2.24) is 25.5 Å². The number of aromatic amines is 1. The maximum Gasteiger partial charge on any atom is 0.258 e. The molecule has 1 amide bonds. The van der Waals surface area contributed by atoms with Gasteiger partial charge in [-0.25, -0.2) is 4.98 Å². The number of nitrogens with zero attached hydrogens (tertiary/aromatic N) is 3. The Morgan fingerprint density at radius 2 is 1.90 bits per heavy atom. The second-order valence-corrected chi connectivity index (χ2v) is 6.33. The fraction of sp³-hybridized carbons (Fsp3) is 0.0909. The van der Waals surface area contributed by atoms with Crippen molar-refractivity contribution >= 4 is 5.91 Å². The molecule has 0 aliphatic carbocycles. The zero-order valence-corrected chi connectivity index (χ0v) is 15.6. The summed E-state index contributed by atoms with van der Waals surface area (Å²) in [6, 6.07) is 17.2. The molecule has 0 aliphatic rings. The van der Waals surface area contributed by atoms with Crippen molar-refractivity contribution in [1.29, 1.82) is 0 Å². The Bertz CT molecular complexity index is 1080. The Labute approximate surface area is 167 Å². The molecule has 0 saturated heterocycles. The number of ether oxygens (including phenoxy) is 1. The van der Waals surface area contributed by atoms with Gasteiger partial charge in [-0.1, -0.05) is 24.3 Å². The van der Waals surface area contributed by atoms with Gasteiger partial charge in [-0.3, -0.25) is 14.9 Å². The predicted octanol–water partition coefficient (Wildman–Crippen LogP) is 3.23. The molecule has 3 aromatic heterocycles. The lowest BCUT2D eigenvalue weighted by Crippen LogP contribution is -2.28. The molecule has 4 rings (SSSR count). The molecule has 0 atom stereocenters. The summed E-state index contributed by atoms with van der Waals surface area (Å²) < 4.78 is 5.36. The predicted molar refractivity (Wildman–Crippen MR) is 109 cm³/mol. The summed E-state index contributed by atoms with van der Waals surface area (Å²) in [5.41, 5.74) is 4.92. The molecule has 0 bridgehead atoms. The third-order valence-electron chi connectivity index (χ3n) is 4.32. The van der Waals surface area contributed by atoms with Gasteiger partial charge in [0.1, 0.15) is 0 Å². The van der Waals surface area contributed by atoms with Crippen molar-refractivity contribution in [2.45, 2.75) is 6.54 Å². The van der Waals surface area contributed by atoms with Crippen LogP contribution in [0, 0.1) is 0 Å². The molecule has 2 N–H and O–H groups in total. The highest BCUT2D eigenvalue weighted by molar-refractivity contribution is 5.80. The Kier molecular flexibility index (Phi) is 5.57. The van der Waals surface area contributed by atoms with Crippen molar-refractivity contribution in [3.8, 4) is 28.3 Å². The molecule has 0 fully saturated rings. The van der Waals surface area contributed by atoms with E-state index in [1.54, 1.807) is 43.0 Å². The van der Waals surface area contributed by atoms with Crippen LogP contribution in [-0.4, -0.2) is 32.7 Å². The summed E-state index contributed by atoms with van der Waals surface area (Å²) in [5.74, 6) is 0.215. The topological polar surface area (TPSA) is 92.8 Å². The van der Waals surface area contributed by atoms with E-state index in [4.69, 9.17) is 4.74 Å². The molecule has 0 aliphatic heterocycles. The van der Waals surface area contributed by atoms with Gasteiger partial charge in [-0.05, 0) is 35.4 Å². The number of hydrogen-bond acceptors (Lipinski definition) is 5. The van der Waals surface area contributed by atoms with E-state index in [9.17, 15) is 4.79 Å². The minimum Gasteiger partial charge on any atom is -0.468 e. The van der Waals surface area contributed by atoms with E-state index in [-0.39, 0.29) is 12.5 Å². The van der Waals surface area contributed by atoms with Gasteiger partial charge in [0.25, 0.3) is 5.91 Å². The number of H-pyrrole nitrogens is 1. The van der Waals surface area contributed by atoms with Crippen LogP contribution in [0.1, 0.15) is 5.56 Å². The fourth-order valence-electron chi connectivity index (χ4n) is 2.92. The van der Waals surface area contributed by atoms with E-state index in [1.165, 1.54) is 0 Å². The van der Waals surface area contributed by atoms with Crippen LogP contribution < -0.4 is 10.1 Å². The molecule has 0 saturated carbocycles. The number of amides is 1. The third-order valence-corrected chi connectivity index (χ3v) is 4.32. The summed E-state index contributed by atoms with van der Waals surface area (Å²) in [5, 5.41) is 10.1. The number of pyridine rings is 2. The first kappa shape index (κ1) is 18.4. The van der Waals surface area contributed by atoms with Gasteiger partial charge in [-0.15, -0.1) is 0 Å². The number of hydrogen-bond donors (Lipinski definition) is 2. The average molecular weight is 385 g/mol. The molecule has 0 spiro atoms. The minimum atomic E-state index is -0.208. The molecule has 0 unspecified atom stereocenters. The quantitative estimate of drug-likeness (QED) is 0.509. The monoisotopic (exact) mass is 385 g/mol. The number of nitrogens with one attached hydrogen (secondary N) is 2. The summed E-state index contributed by atoms with van der Waals surface area (Å²) in [7, 11) is 0. The van der Waals surface area contributed by atoms with Crippen LogP contribution >= 0.6 is 0 Å². The minimum absolute atomic E-state index is 0.0799. The number of benzene rings is 1. The highest BCUT2D eigenvalue weighted by Crippen LogP contribution is 2.30. The van der Waals surface area contributed by atoms with Gasteiger partial charge in [0, 0.05) is 42.3 Å². The van der Waals surface area contributed by atoms with E-state index in [2.05, 4.69) is 25.5 Å². The van der Waals surface area contributed by atoms with Gasteiger partial charge >= 0.3 is 0 Å². The maximum atomic E-state index is 12.1. The van der Waals surface area contributed by atoms with E-state index in [0.29, 0.717) is 12.4 Å². The van der Waals surface area contributed by atoms with Gasteiger partial charge in [0.05, 0.1) is 11.9 Å². The SMILES string of the molecule is O=C(COc1ccccn1)NCc1cccc(-c2[nH]ncc2-c2ccncc2)c1. The first-order valence-electron chi connectivity index (χ1n) is 9.13. The second-order valence-electron chi connectivity index (χ2n) is 6.33. The van der Waals surface area contributed by atoms with E-state index >= 15 is 0 Å². The van der Waals surface area contributed by atoms with Gasteiger partial charge in [-0.2, -0.15) is 5.10 Å². The number of carbonyl (C=O) groups is 1. The molecule has 7 heteroatoms. The molecular weight excluding hydrogens is 366 g/mol. The Morgan fingerprint density at radius 1 is 1.00 bits per heavy atom. The molecule has 1 aromatic carbocycles. The molecular formula is C22H19N5O2. The Balaban J connectivity index is 1.41. The summed E-state index contributed by atoms with van der Waals surface area (Å²) in [4.78, 5) is 20.1. The van der Waals surface area contributed by atoms with Gasteiger partial charge < -0.3 is 10.1 Å². The fourth-order valence-corrected chi connectivity index (χ4v) is 2.92. The zero-order chi connectivity index (χ0) is 19.9. The van der Waals surface area contributed by atoms with Crippen LogP contribution in [0.2, 0.25) is 0 Å². The lowest BCUT2D eigenvalue weighted by molar-refractivity contribution is -0.123. The normalized spacial score (nSPS) is 10.5. The summed E-state index contributed by atoms with van der Waals surface area (Å²) >= 11 is 0. The molecule has 29 heavy (non-hydrogen) atoms. The first-order chi connectivity index (χ1) is 14.3. The third kappa shape index (κ3) is 4.65. The maximum absolute atomic E-state index is 12.1. The molecule has 7 nitrogen and oxygen atoms in total. The number of rotatable bonds is 7. The van der Waals surface area contributed by atoms with Crippen LogP contribution in [0.25, 0.3) is 22.4 Å². The largest absolute Gasteiger partial charge is 0.468 e.